The van der Waals surface area contributed by atoms with Crippen molar-refractivity contribution in [2.45, 2.75) is 26.7 Å². The summed E-state index contributed by atoms with van der Waals surface area (Å²) < 4.78 is 12.7. The quantitative estimate of drug-likeness (QED) is 0.646. The summed E-state index contributed by atoms with van der Waals surface area (Å²) >= 11 is 3.43. The van der Waals surface area contributed by atoms with Gasteiger partial charge in [-0.1, -0.05) is 19.9 Å². The monoisotopic (exact) mass is 350 g/mol. The molecule has 3 rings (SSSR count). The predicted octanol–water partition coefficient (Wildman–Crippen LogP) is 4.88. The van der Waals surface area contributed by atoms with Gasteiger partial charge in [-0.25, -0.2) is 0 Å². The zero-order chi connectivity index (χ0) is 15.1. The Bertz CT molecular complexity index is 725. The van der Waals surface area contributed by atoms with Crippen LogP contribution in [0.4, 0.5) is 0 Å². The van der Waals surface area contributed by atoms with Gasteiger partial charge in [0.15, 0.2) is 34.5 Å². The second-order valence-electron chi connectivity index (χ2n) is 4.79. The van der Waals surface area contributed by atoms with Crippen molar-refractivity contribution in [1.82, 2.24) is 0 Å². The summed E-state index contributed by atoms with van der Waals surface area (Å²) in [7, 11) is 0. The van der Waals surface area contributed by atoms with Crippen LogP contribution in [0.1, 0.15) is 25.0 Å². The van der Waals surface area contributed by atoms with E-state index in [0.29, 0.717) is 47.0 Å². The predicted molar refractivity (Wildman–Crippen MR) is 82.8 cm³/mol. The second-order valence-corrected chi connectivity index (χ2v) is 5.65. The molecule has 1 aliphatic rings. The molecule has 0 aromatic heterocycles. The molecule has 1 heterocycles. The highest BCUT2D eigenvalue weighted by Crippen LogP contribution is 2.56. The molecule has 2 N–H and O–H groups in total. The van der Waals surface area contributed by atoms with Gasteiger partial charge >= 0.3 is 0 Å². The van der Waals surface area contributed by atoms with Crippen molar-refractivity contribution in [1.29, 1.82) is 0 Å². The Morgan fingerprint density at radius 1 is 0.905 bits per heavy atom. The minimum Gasteiger partial charge on any atom is -0.504 e. The fourth-order valence-electron chi connectivity index (χ4n) is 2.53. The maximum Gasteiger partial charge on any atom is 0.184 e. The number of para-hydroxylation sites is 1. The van der Waals surface area contributed by atoms with E-state index in [9.17, 15) is 10.2 Å². The number of fused-ring (bicyclic) bond motifs is 2. The average molecular weight is 351 g/mol. The van der Waals surface area contributed by atoms with E-state index in [-0.39, 0.29) is 11.5 Å². The Hall–Kier alpha value is -1.88. The molecule has 0 fully saturated rings. The van der Waals surface area contributed by atoms with Crippen molar-refractivity contribution in [3.05, 3.63) is 33.8 Å². The maximum atomic E-state index is 10.2. The smallest absolute Gasteiger partial charge is 0.184 e. The van der Waals surface area contributed by atoms with Crippen LogP contribution in [0.2, 0.25) is 0 Å². The number of rotatable bonds is 2. The molecular formula is C16H15BrO4. The Balaban J connectivity index is 2.28. The summed E-state index contributed by atoms with van der Waals surface area (Å²) in [6.45, 7) is 3.78. The molecule has 1 aliphatic heterocycles. The first kappa shape index (κ1) is 14.1. The van der Waals surface area contributed by atoms with E-state index in [0.717, 1.165) is 4.47 Å². The average Bonchev–Trinajstić information content (AvgIpc) is 2.48. The van der Waals surface area contributed by atoms with Crippen LogP contribution in [0.15, 0.2) is 22.7 Å². The number of hydrogen-bond donors (Lipinski definition) is 2. The standard InChI is InChI=1S/C16H15BrO4/c1-3-8-12(18)13(19)9(4-2)15-14(8)20-11-7-5-6-10(17)16(11)21-15/h5-7,18-19H,3-4H2,1-2H3. The van der Waals surface area contributed by atoms with Crippen molar-refractivity contribution in [3.8, 4) is 34.5 Å². The molecule has 110 valence electrons. The number of halogens is 1. The second kappa shape index (κ2) is 5.15. The van der Waals surface area contributed by atoms with Gasteiger partial charge in [0, 0.05) is 11.1 Å². The molecule has 0 atom stereocenters. The third-order valence-electron chi connectivity index (χ3n) is 3.60. The third kappa shape index (κ3) is 2.03. The fraction of sp³-hybridized carbons (Fsp3) is 0.250. The maximum absolute atomic E-state index is 10.2. The first-order valence-electron chi connectivity index (χ1n) is 6.82. The normalized spacial score (nSPS) is 12.1. The summed E-state index contributed by atoms with van der Waals surface area (Å²) in [5.41, 5.74) is 1.09. The van der Waals surface area contributed by atoms with Gasteiger partial charge in [0.25, 0.3) is 0 Å². The number of ether oxygens (including phenoxy) is 2. The van der Waals surface area contributed by atoms with Gasteiger partial charge < -0.3 is 19.7 Å². The van der Waals surface area contributed by atoms with E-state index >= 15 is 0 Å². The van der Waals surface area contributed by atoms with Gasteiger partial charge in [0.2, 0.25) is 0 Å². The van der Waals surface area contributed by atoms with Crippen LogP contribution >= 0.6 is 15.9 Å². The summed E-state index contributed by atoms with van der Waals surface area (Å²) in [5, 5.41) is 20.4. The van der Waals surface area contributed by atoms with Gasteiger partial charge in [-0.3, -0.25) is 0 Å². The lowest BCUT2D eigenvalue weighted by molar-refractivity contribution is 0.335. The van der Waals surface area contributed by atoms with Gasteiger partial charge in [0.05, 0.1) is 4.47 Å². The molecule has 0 radical (unpaired) electrons. The molecule has 0 saturated heterocycles. The molecular weight excluding hydrogens is 336 g/mol. The zero-order valence-electron chi connectivity index (χ0n) is 11.7. The number of aromatic hydroxyl groups is 2. The van der Waals surface area contributed by atoms with Crippen LogP contribution in [-0.2, 0) is 12.8 Å². The Labute approximate surface area is 131 Å². The molecule has 4 nitrogen and oxygen atoms in total. The minimum atomic E-state index is -0.132. The van der Waals surface area contributed by atoms with Crippen molar-refractivity contribution >= 4 is 15.9 Å². The molecule has 2 aromatic rings. The van der Waals surface area contributed by atoms with E-state index in [1.165, 1.54) is 0 Å². The van der Waals surface area contributed by atoms with Crippen molar-refractivity contribution in [3.63, 3.8) is 0 Å². The van der Waals surface area contributed by atoms with Crippen molar-refractivity contribution in [2.75, 3.05) is 0 Å². The van der Waals surface area contributed by atoms with E-state index in [1.54, 1.807) is 6.07 Å². The van der Waals surface area contributed by atoms with E-state index in [2.05, 4.69) is 15.9 Å². The Kier molecular flexibility index (Phi) is 3.45. The molecule has 0 amide bonds. The van der Waals surface area contributed by atoms with Crippen molar-refractivity contribution in [2.24, 2.45) is 0 Å². The number of benzene rings is 2. The van der Waals surface area contributed by atoms with Crippen LogP contribution in [0.3, 0.4) is 0 Å². The lowest BCUT2D eigenvalue weighted by Gasteiger charge is -2.26. The summed E-state index contributed by atoms with van der Waals surface area (Å²) in [5.74, 6) is 1.85. The Morgan fingerprint density at radius 3 is 2.05 bits per heavy atom. The zero-order valence-corrected chi connectivity index (χ0v) is 13.3. The first-order chi connectivity index (χ1) is 10.1. The molecule has 0 unspecified atom stereocenters. The lowest BCUT2D eigenvalue weighted by Crippen LogP contribution is -2.05. The minimum absolute atomic E-state index is 0.129. The molecule has 2 aromatic carbocycles. The summed E-state index contributed by atoms with van der Waals surface area (Å²) in [4.78, 5) is 0. The fourth-order valence-corrected chi connectivity index (χ4v) is 2.96. The van der Waals surface area contributed by atoms with Crippen LogP contribution < -0.4 is 9.47 Å². The molecule has 0 spiro atoms. The van der Waals surface area contributed by atoms with Gasteiger partial charge in [0.1, 0.15) is 0 Å². The molecule has 21 heavy (non-hydrogen) atoms. The highest BCUT2D eigenvalue weighted by molar-refractivity contribution is 9.10. The highest BCUT2D eigenvalue weighted by atomic mass is 79.9. The molecule has 5 heteroatoms. The third-order valence-corrected chi connectivity index (χ3v) is 4.23. The number of phenolic OH excluding ortho intramolecular Hbond substituents is 2. The summed E-state index contributed by atoms with van der Waals surface area (Å²) in [6.07, 6.45) is 1.05. The molecule has 0 bridgehead atoms. The Morgan fingerprint density at radius 2 is 1.48 bits per heavy atom. The number of hydrogen-bond acceptors (Lipinski definition) is 4. The van der Waals surface area contributed by atoms with Crippen LogP contribution in [0.5, 0.6) is 34.5 Å². The summed E-state index contributed by atoms with van der Waals surface area (Å²) in [6, 6.07) is 5.52. The van der Waals surface area contributed by atoms with Crippen LogP contribution in [-0.4, -0.2) is 10.2 Å². The van der Waals surface area contributed by atoms with Crippen LogP contribution in [0, 0.1) is 0 Å². The van der Waals surface area contributed by atoms with Gasteiger partial charge in [-0.05, 0) is 40.9 Å². The lowest BCUT2D eigenvalue weighted by atomic mass is 10.0. The van der Waals surface area contributed by atoms with Gasteiger partial charge in [-0.15, -0.1) is 0 Å². The van der Waals surface area contributed by atoms with Crippen LogP contribution in [0.25, 0.3) is 0 Å². The topological polar surface area (TPSA) is 58.9 Å². The SMILES string of the molecule is CCc1c(O)c(O)c(CC)c2c1Oc1cccc(Br)c1O2. The van der Waals surface area contributed by atoms with Gasteiger partial charge in [-0.2, -0.15) is 0 Å². The van der Waals surface area contributed by atoms with E-state index in [1.807, 2.05) is 26.0 Å². The highest BCUT2D eigenvalue weighted by Gasteiger charge is 2.30. The van der Waals surface area contributed by atoms with E-state index < -0.39 is 0 Å². The van der Waals surface area contributed by atoms with Crippen molar-refractivity contribution < 1.29 is 19.7 Å². The molecule has 0 saturated carbocycles. The number of phenols is 2. The largest absolute Gasteiger partial charge is 0.504 e. The molecule has 0 aliphatic carbocycles. The van der Waals surface area contributed by atoms with E-state index in [4.69, 9.17) is 9.47 Å². The first-order valence-corrected chi connectivity index (χ1v) is 7.61.